The van der Waals surface area contributed by atoms with Crippen molar-refractivity contribution in [1.29, 1.82) is 0 Å². The Labute approximate surface area is 141 Å². The fourth-order valence-corrected chi connectivity index (χ4v) is 4.54. The molecule has 2 fully saturated rings. The molecule has 0 bridgehead atoms. The number of hydrogen-bond acceptors (Lipinski definition) is 3. The first-order chi connectivity index (χ1) is 11.2. The summed E-state index contributed by atoms with van der Waals surface area (Å²) < 4.78 is 0. The Bertz CT molecular complexity index is 717. The average Bonchev–Trinajstić information content (AvgIpc) is 2.53. The van der Waals surface area contributed by atoms with Gasteiger partial charge in [0.25, 0.3) is 5.91 Å². The molecule has 0 atom stereocenters. The van der Waals surface area contributed by atoms with E-state index in [9.17, 15) is 4.79 Å². The van der Waals surface area contributed by atoms with Crippen LogP contribution < -0.4 is 0 Å². The number of hydrogen-bond donors (Lipinski definition) is 0. The molecule has 4 heteroatoms. The third kappa shape index (κ3) is 2.55. The lowest BCUT2D eigenvalue weighted by atomic mass is 9.56. The van der Waals surface area contributed by atoms with Crippen molar-refractivity contribution < 1.29 is 4.79 Å². The summed E-state index contributed by atoms with van der Waals surface area (Å²) in [7, 11) is 0. The molecule has 23 heavy (non-hydrogen) atoms. The van der Waals surface area contributed by atoms with Crippen molar-refractivity contribution in [2.45, 2.75) is 23.8 Å². The first-order valence-electron chi connectivity index (χ1n) is 8.04. The van der Waals surface area contributed by atoms with Crippen LogP contribution in [-0.2, 0) is 0 Å². The van der Waals surface area contributed by atoms with E-state index in [0.717, 1.165) is 23.7 Å². The Hall–Kier alpha value is -1.81. The molecule has 1 aromatic carbocycles. The lowest BCUT2D eigenvalue weighted by Gasteiger charge is -2.59. The summed E-state index contributed by atoms with van der Waals surface area (Å²) in [5, 5.41) is 0.828. The van der Waals surface area contributed by atoms with Gasteiger partial charge < -0.3 is 4.90 Å². The zero-order valence-electron chi connectivity index (χ0n) is 13.2. The van der Waals surface area contributed by atoms with E-state index in [-0.39, 0.29) is 5.91 Å². The zero-order chi connectivity index (χ0) is 15.9. The van der Waals surface area contributed by atoms with Gasteiger partial charge >= 0.3 is 0 Å². The summed E-state index contributed by atoms with van der Waals surface area (Å²) in [5.74, 6) is 0.810. The Kier molecular flexibility index (Phi) is 3.64. The molecule has 1 spiro atoms. The lowest BCUT2D eigenvalue weighted by molar-refractivity contribution is -0.0555. The van der Waals surface area contributed by atoms with Gasteiger partial charge in [0.2, 0.25) is 0 Å². The van der Waals surface area contributed by atoms with Gasteiger partial charge in [-0.05, 0) is 42.7 Å². The standard InChI is InChI=1S/C19H20N2OS/c1-23-17-16(8-5-9-20-17)18(22)21-12-19(13-21)10-15(11-19)14-6-3-2-4-7-14/h2-9,15H,10-13H2,1H3. The number of carbonyl (C=O) groups is 1. The molecule has 118 valence electrons. The van der Waals surface area contributed by atoms with Crippen LogP contribution in [0.25, 0.3) is 0 Å². The molecule has 2 aliphatic rings. The van der Waals surface area contributed by atoms with Gasteiger partial charge in [0.05, 0.1) is 5.56 Å². The smallest absolute Gasteiger partial charge is 0.256 e. The molecular formula is C19H20N2OS. The highest BCUT2D eigenvalue weighted by molar-refractivity contribution is 7.98. The molecular weight excluding hydrogens is 304 g/mol. The average molecular weight is 324 g/mol. The Balaban J connectivity index is 1.38. The first-order valence-corrected chi connectivity index (χ1v) is 9.26. The zero-order valence-corrected chi connectivity index (χ0v) is 14.1. The van der Waals surface area contributed by atoms with Crippen molar-refractivity contribution >= 4 is 17.7 Å². The molecule has 1 saturated carbocycles. The maximum absolute atomic E-state index is 12.7. The second-order valence-corrected chi connectivity index (χ2v) is 7.53. The summed E-state index contributed by atoms with van der Waals surface area (Å²) in [5.41, 5.74) is 2.56. The second-order valence-electron chi connectivity index (χ2n) is 6.74. The van der Waals surface area contributed by atoms with Crippen molar-refractivity contribution in [3.05, 3.63) is 59.8 Å². The minimum Gasteiger partial charge on any atom is -0.337 e. The van der Waals surface area contributed by atoms with Crippen LogP contribution in [0.1, 0.15) is 34.7 Å². The highest BCUT2D eigenvalue weighted by Gasteiger charge is 2.53. The van der Waals surface area contributed by atoms with Gasteiger partial charge in [-0.25, -0.2) is 4.98 Å². The fraction of sp³-hybridized carbons (Fsp3) is 0.368. The number of carbonyl (C=O) groups excluding carboxylic acids is 1. The van der Waals surface area contributed by atoms with Crippen LogP contribution in [0.5, 0.6) is 0 Å². The van der Waals surface area contributed by atoms with Gasteiger partial charge in [0, 0.05) is 24.7 Å². The highest BCUT2D eigenvalue weighted by atomic mass is 32.2. The van der Waals surface area contributed by atoms with Crippen molar-refractivity contribution in [2.24, 2.45) is 5.41 Å². The van der Waals surface area contributed by atoms with Crippen molar-refractivity contribution in [2.75, 3.05) is 19.3 Å². The summed E-state index contributed by atoms with van der Waals surface area (Å²) in [6.45, 7) is 1.80. The van der Waals surface area contributed by atoms with E-state index in [4.69, 9.17) is 0 Å². The normalized spacial score (nSPS) is 19.3. The number of benzene rings is 1. The van der Waals surface area contributed by atoms with Crippen molar-refractivity contribution in [3.63, 3.8) is 0 Å². The number of rotatable bonds is 3. The van der Waals surface area contributed by atoms with Crippen LogP contribution in [0.3, 0.4) is 0 Å². The van der Waals surface area contributed by atoms with E-state index in [1.54, 1.807) is 6.20 Å². The molecule has 2 heterocycles. The van der Waals surface area contributed by atoms with Crippen LogP contribution in [0.4, 0.5) is 0 Å². The Morgan fingerprint density at radius 1 is 1.17 bits per heavy atom. The molecule has 1 aliphatic carbocycles. The van der Waals surface area contributed by atoms with Gasteiger partial charge in [0.15, 0.2) is 0 Å². The number of amides is 1. The Morgan fingerprint density at radius 3 is 2.61 bits per heavy atom. The van der Waals surface area contributed by atoms with E-state index in [1.165, 1.54) is 30.2 Å². The van der Waals surface area contributed by atoms with E-state index >= 15 is 0 Å². The third-order valence-electron chi connectivity index (χ3n) is 5.16. The van der Waals surface area contributed by atoms with E-state index < -0.39 is 0 Å². The number of nitrogens with zero attached hydrogens (tertiary/aromatic N) is 2. The molecule has 0 radical (unpaired) electrons. The fourth-order valence-electron chi connectivity index (χ4n) is 4.00. The Morgan fingerprint density at radius 2 is 1.91 bits per heavy atom. The van der Waals surface area contributed by atoms with Crippen LogP contribution in [0.15, 0.2) is 53.7 Å². The van der Waals surface area contributed by atoms with Crippen LogP contribution in [0, 0.1) is 5.41 Å². The summed E-state index contributed by atoms with van der Waals surface area (Å²) >= 11 is 1.53. The van der Waals surface area contributed by atoms with E-state index in [0.29, 0.717) is 11.3 Å². The highest BCUT2D eigenvalue weighted by Crippen LogP contribution is 2.56. The third-order valence-corrected chi connectivity index (χ3v) is 5.88. The molecule has 0 N–H and O–H groups in total. The molecule has 4 rings (SSSR count). The van der Waals surface area contributed by atoms with Gasteiger partial charge in [-0.3, -0.25) is 4.79 Å². The molecule has 2 aromatic rings. The minimum atomic E-state index is 0.135. The largest absolute Gasteiger partial charge is 0.337 e. The van der Waals surface area contributed by atoms with Crippen LogP contribution in [-0.4, -0.2) is 35.1 Å². The number of thioether (sulfide) groups is 1. The molecule has 0 unspecified atom stereocenters. The monoisotopic (exact) mass is 324 g/mol. The predicted molar refractivity (Wildman–Crippen MR) is 92.8 cm³/mol. The predicted octanol–water partition coefficient (Wildman–Crippen LogP) is 3.82. The van der Waals surface area contributed by atoms with Gasteiger partial charge in [-0.2, -0.15) is 0 Å². The number of likely N-dealkylation sites (tertiary alicyclic amines) is 1. The first kappa shape index (κ1) is 14.8. The maximum Gasteiger partial charge on any atom is 0.256 e. The van der Waals surface area contributed by atoms with Crippen molar-refractivity contribution in [3.8, 4) is 0 Å². The van der Waals surface area contributed by atoms with Gasteiger partial charge in [0.1, 0.15) is 5.03 Å². The minimum absolute atomic E-state index is 0.135. The van der Waals surface area contributed by atoms with E-state index in [1.807, 2.05) is 23.3 Å². The summed E-state index contributed by atoms with van der Waals surface area (Å²) in [4.78, 5) is 18.9. The van der Waals surface area contributed by atoms with E-state index in [2.05, 4.69) is 35.3 Å². The van der Waals surface area contributed by atoms with Gasteiger partial charge in [-0.1, -0.05) is 30.3 Å². The van der Waals surface area contributed by atoms with Crippen LogP contribution in [0.2, 0.25) is 0 Å². The molecule has 1 amide bonds. The maximum atomic E-state index is 12.7. The number of aromatic nitrogens is 1. The van der Waals surface area contributed by atoms with Crippen molar-refractivity contribution in [1.82, 2.24) is 9.88 Å². The number of pyridine rings is 1. The topological polar surface area (TPSA) is 33.2 Å². The second kappa shape index (κ2) is 5.68. The van der Waals surface area contributed by atoms with Gasteiger partial charge in [-0.15, -0.1) is 11.8 Å². The quantitative estimate of drug-likeness (QED) is 0.805. The summed E-state index contributed by atoms with van der Waals surface area (Å²) in [6.07, 6.45) is 6.14. The molecule has 1 saturated heterocycles. The summed E-state index contributed by atoms with van der Waals surface area (Å²) in [6, 6.07) is 14.5. The molecule has 1 aromatic heterocycles. The molecule has 3 nitrogen and oxygen atoms in total. The lowest BCUT2D eigenvalue weighted by Crippen LogP contribution is -2.63. The molecule has 1 aliphatic heterocycles. The van der Waals surface area contributed by atoms with Crippen LogP contribution >= 0.6 is 11.8 Å². The SMILES string of the molecule is CSc1ncccc1C(=O)N1CC2(CC(c3ccccc3)C2)C1.